The van der Waals surface area contributed by atoms with E-state index in [-0.39, 0.29) is 15.3 Å². The van der Waals surface area contributed by atoms with Crippen LogP contribution in [0.4, 0.5) is 0 Å². The van der Waals surface area contributed by atoms with Crippen molar-refractivity contribution in [1.82, 2.24) is 9.97 Å². The molecule has 2 rings (SSSR count). The Morgan fingerprint density at radius 2 is 1.78 bits per heavy atom. The molecule has 18 heavy (non-hydrogen) atoms. The average molecular weight is 324 g/mol. The molecule has 4 nitrogen and oxygen atoms in total. The maximum atomic E-state index is 11.2. The molecule has 0 aliphatic carbocycles. The molecule has 0 radical (unpaired) electrons. The summed E-state index contributed by atoms with van der Waals surface area (Å²) in [5, 5.41) is 0.153. The molecule has 0 amide bonds. The molecule has 0 N–H and O–H groups in total. The molecule has 0 fully saturated rings. The summed E-state index contributed by atoms with van der Waals surface area (Å²) in [4.78, 5) is 7.64. The molecule has 0 aliphatic heterocycles. The quantitative estimate of drug-likeness (QED) is 0.483. The Morgan fingerprint density at radius 3 is 2.39 bits per heavy atom. The van der Waals surface area contributed by atoms with Gasteiger partial charge < -0.3 is 0 Å². The van der Waals surface area contributed by atoms with Crippen molar-refractivity contribution in [2.45, 2.75) is 4.90 Å². The maximum absolute atomic E-state index is 11.2. The van der Waals surface area contributed by atoms with Crippen LogP contribution < -0.4 is 0 Å². The van der Waals surface area contributed by atoms with Gasteiger partial charge in [-0.25, -0.2) is 18.4 Å². The van der Waals surface area contributed by atoms with Gasteiger partial charge in [0.2, 0.25) is 5.28 Å². The van der Waals surface area contributed by atoms with E-state index in [4.69, 9.17) is 33.9 Å². The van der Waals surface area contributed by atoms with Crippen LogP contribution in [0, 0.1) is 0 Å². The normalized spacial score (nSPS) is 11.5. The van der Waals surface area contributed by atoms with Gasteiger partial charge in [0.15, 0.2) is 0 Å². The minimum Gasteiger partial charge on any atom is -0.218 e. The van der Waals surface area contributed by atoms with Gasteiger partial charge in [0.05, 0.1) is 10.6 Å². The number of aromatic nitrogens is 2. The van der Waals surface area contributed by atoms with Gasteiger partial charge in [0.1, 0.15) is 5.15 Å². The zero-order valence-corrected chi connectivity index (χ0v) is 11.7. The van der Waals surface area contributed by atoms with Crippen molar-refractivity contribution in [2.75, 3.05) is 0 Å². The van der Waals surface area contributed by atoms with E-state index in [1.54, 1.807) is 12.1 Å². The number of halogens is 3. The van der Waals surface area contributed by atoms with Crippen LogP contribution in [0.3, 0.4) is 0 Å². The van der Waals surface area contributed by atoms with Crippen molar-refractivity contribution in [3.63, 3.8) is 0 Å². The van der Waals surface area contributed by atoms with Crippen LogP contribution in [-0.4, -0.2) is 18.4 Å². The van der Waals surface area contributed by atoms with Crippen LogP contribution in [0.25, 0.3) is 11.3 Å². The van der Waals surface area contributed by atoms with Crippen LogP contribution in [0.15, 0.2) is 35.2 Å². The van der Waals surface area contributed by atoms with Gasteiger partial charge in [0, 0.05) is 22.3 Å². The van der Waals surface area contributed by atoms with E-state index in [0.717, 1.165) is 0 Å². The predicted octanol–water partition coefficient (Wildman–Crippen LogP) is 3.38. The summed E-state index contributed by atoms with van der Waals surface area (Å²) in [6, 6.07) is 7.47. The van der Waals surface area contributed by atoms with E-state index in [2.05, 4.69) is 9.97 Å². The van der Waals surface area contributed by atoms with E-state index < -0.39 is 9.05 Å². The lowest BCUT2D eigenvalue weighted by Gasteiger charge is -2.03. The molecule has 0 aliphatic rings. The Bertz CT molecular complexity index is 684. The first kappa shape index (κ1) is 13.5. The zero-order chi connectivity index (χ0) is 13.3. The lowest BCUT2D eigenvalue weighted by Crippen LogP contribution is -1.93. The van der Waals surface area contributed by atoms with Crippen molar-refractivity contribution in [3.05, 3.63) is 40.8 Å². The third-order valence-electron chi connectivity index (χ3n) is 2.08. The number of hydrogen-bond acceptors (Lipinski definition) is 4. The summed E-state index contributed by atoms with van der Waals surface area (Å²) in [6.07, 6.45) is 0. The molecule has 0 atom stereocenters. The Hall–Kier alpha value is -0.880. The molecule has 0 saturated heterocycles. The van der Waals surface area contributed by atoms with Gasteiger partial charge in [-0.15, -0.1) is 0 Å². The predicted molar refractivity (Wildman–Crippen MR) is 70.5 cm³/mol. The fourth-order valence-corrected chi connectivity index (χ4v) is 2.55. The summed E-state index contributed by atoms with van der Waals surface area (Å²) >= 11 is 11.4. The summed E-state index contributed by atoms with van der Waals surface area (Å²) < 4.78 is 22.5. The molecule has 0 unspecified atom stereocenters. The fourth-order valence-electron chi connectivity index (χ4n) is 1.34. The SMILES string of the molecule is O=S(=O)(Cl)c1cccc(-c2cc(Cl)nc(Cl)n2)c1. The van der Waals surface area contributed by atoms with E-state index in [1.807, 2.05) is 0 Å². The van der Waals surface area contributed by atoms with Crippen molar-refractivity contribution < 1.29 is 8.42 Å². The first-order valence-electron chi connectivity index (χ1n) is 4.61. The van der Waals surface area contributed by atoms with Crippen molar-refractivity contribution in [2.24, 2.45) is 0 Å². The van der Waals surface area contributed by atoms with E-state index in [1.165, 1.54) is 18.2 Å². The molecular formula is C10H5Cl3N2O2S. The fraction of sp³-hybridized carbons (Fsp3) is 0. The zero-order valence-electron chi connectivity index (χ0n) is 8.64. The average Bonchev–Trinajstić information content (AvgIpc) is 2.27. The Morgan fingerprint density at radius 1 is 1.06 bits per heavy atom. The minimum absolute atomic E-state index is 0.0170. The largest absolute Gasteiger partial charge is 0.261 e. The third kappa shape index (κ3) is 3.11. The Labute approximate surface area is 118 Å². The molecule has 1 aromatic carbocycles. The monoisotopic (exact) mass is 322 g/mol. The van der Waals surface area contributed by atoms with Crippen LogP contribution in [0.2, 0.25) is 10.4 Å². The van der Waals surface area contributed by atoms with Gasteiger partial charge in [0.25, 0.3) is 9.05 Å². The second kappa shape index (κ2) is 5.01. The summed E-state index contributed by atoms with van der Waals surface area (Å²) in [7, 11) is 1.48. The first-order chi connectivity index (χ1) is 8.36. The standard InChI is InChI=1S/C10H5Cl3N2O2S/c11-9-5-8(14-10(12)15-9)6-2-1-3-7(4-6)18(13,16)17/h1-5H. The van der Waals surface area contributed by atoms with Crippen LogP contribution >= 0.6 is 33.9 Å². The number of rotatable bonds is 2. The van der Waals surface area contributed by atoms with Gasteiger partial charge >= 0.3 is 0 Å². The molecule has 1 aromatic heterocycles. The van der Waals surface area contributed by atoms with Gasteiger partial charge in [-0.3, -0.25) is 0 Å². The molecule has 8 heteroatoms. The lowest BCUT2D eigenvalue weighted by molar-refractivity contribution is 0.609. The van der Waals surface area contributed by atoms with Crippen LogP contribution in [0.1, 0.15) is 0 Å². The van der Waals surface area contributed by atoms with Gasteiger partial charge in [-0.1, -0.05) is 23.7 Å². The Balaban J connectivity index is 2.58. The highest BCUT2D eigenvalue weighted by Gasteiger charge is 2.12. The van der Waals surface area contributed by atoms with Crippen molar-refractivity contribution in [3.8, 4) is 11.3 Å². The molecular weight excluding hydrogens is 319 g/mol. The second-order valence-corrected chi connectivity index (χ2v) is 6.60. The third-order valence-corrected chi connectivity index (χ3v) is 3.79. The maximum Gasteiger partial charge on any atom is 0.261 e. The van der Waals surface area contributed by atoms with Gasteiger partial charge in [-0.05, 0) is 23.7 Å². The van der Waals surface area contributed by atoms with E-state index in [0.29, 0.717) is 11.3 Å². The van der Waals surface area contributed by atoms with Crippen LogP contribution in [0.5, 0.6) is 0 Å². The molecule has 0 spiro atoms. The topological polar surface area (TPSA) is 59.9 Å². The number of nitrogens with zero attached hydrogens (tertiary/aromatic N) is 2. The Kier molecular flexibility index (Phi) is 3.77. The molecule has 94 valence electrons. The minimum atomic E-state index is -3.79. The van der Waals surface area contributed by atoms with Crippen LogP contribution in [-0.2, 0) is 9.05 Å². The smallest absolute Gasteiger partial charge is 0.218 e. The molecule has 0 saturated carbocycles. The van der Waals surface area contributed by atoms with Crippen molar-refractivity contribution in [1.29, 1.82) is 0 Å². The highest BCUT2D eigenvalue weighted by Crippen LogP contribution is 2.25. The van der Waals surface area contributed by atoms with E-state index in [9.17, 15) is 8.42 Å². The van der Waals surface area contributed by atoms with Crippen molar-refractivity contribution >= 4 is 42.9 Å². The molecule has 1 heterocycles. The number of benzene rings is 1. The van der Waals surface area contributed by atoms with E-state index >= 15 is 0 Å². The summed E-state index contributed by atoms with van der Waals surface area (Å²) in [6.45, 7) is 0. The first-order valence-corrected chi connectivity index (χ1v) is 7.68. The second-order valence-electron chi connectivity index (χ2n) is 3.31. The molecule has 0 bridgehead atoms. The highest BCUT2D eigenvalue weighted by molar-refractivity contribution is 8.13. The number of hydrogen-bond donors (Lipinski definition) is 0. The molecule has 2 aromatic rings. The van der Waals surface area contributed by atoms with Gasteiger partial charge in [-0.2, -0.15) is 0 Å². The lowest BCUT2D eigenvalue weighted by atomic mass is 10.1. The summed E-state index contributed by atoms with van der Waals surface area (Å²) in [5.41, 5.74) is 0.949. The summed E-state index contributed by atoms with van der Waals surface area (Å²) in [5.74, 6) is 0. The highest BCUT2D eigenvalue weighted by atomic mass is 35.7.